The lowest BCUT2D eigenvalue weighted by atomic mass is 10.0. The second-order valence-corrected chi connectivity index (χ2v) is 5.04. The fourth-order valence-electron chi connectivity index (χ4n) is 1.99. The SMILES string of the molecule is COCCNCC(C)(O)c1c(OC)cnn1C(C)C. The maximum atomic E-state index is 10.7. The van der Waals surface area contributed by atoms with Crippen LogP contribution in [0.1, 0.15) is 32.5 Å². The van der Waals surface area contributed by atoms with E-state index in [0.717, 1.165) is 0 Å². The van der Waals surface area contributed by atoms with Crippen LogP contribution in [0.4, 0.5) is 0 Å². The number of nitrogens with zero attached hydrogens (tertiary/aromatic N) is 2. The molecule has 6 nitrogen and oxygen atoms in total. The van der Waals surface area contributed by atoms with Crippen molar-refractivity contribution in [3.8, 4) is 5.75 Å². The zero-order valence-corrected chi connectivity index (χ0v) is 12.4. The first kappa shape index (κ1) is 15.9. The van der Waals surface area contributed by atoms with Crippen molar-refractivity contribution in [2.45, 2.75) is 32.4 Å². The summed E-state index contributed by atoms with van der Waals surface area (Å²) < 4.78 is 12.1. The Kier molecular flexibility index (Phi) is 5.78. The first-order valence-corrected chi connectivity index (χ1v) is 6.48. The van der Waals surface area contributed by atoms with Gasteiger partial charge in [-0.2, -0.15) is 5.10 Å². The molecule has 0 saturated heterocycles. The average Bonchev–Trinajstić information content (AvgIpc) is 2.79. The van der Waals surface area contributed by atoms with Crippen molar-refractivity contribution in [2.75, 3.05) is 33.9 Å². The van der Waals surface area contributed by atoms with Crippen molar-refractivity contribution >= 4 is 0 Å². The Morgan fingerprint density at radius 1 is 1.47 bits per heavy atom. The van der Waals surface area contributed by atoms with E-state index in [1.54, 1.807) is 32.0 Å². The Labute approximate surface area is 114 Å². The van der Waals surface area contributed by atoms with Gasteiger partial charge in [-0.05, 0) is 20.8 Å². The second-order valence-electron chi connectivity index (χ2n) is 5.04. The van der Waals surface area contributed by atoms with E-state index in [4.69, 9.17) is 9.47 Å². The van der Waals surface area contributed by atoms with Gasteiger partial charge in [-0.25, -0.2) is 0 Å². The van der Waals surface area contributed by atoms with Crippen LogP contribution < -0.4 is 10.1 Å². The van der Waals surface area contributed by atoms with E-state index in [9.17, 15) is 5.11 Å². The molecule has 1 unspecified atom stereocenters. The minimum atomic E-state index is -1.06. The van der Waals surface area contributed by atoms with Crippen LogP contribution in [0, 0.1) is 0 Å². The van der Waals surface area contributed by atoms with Gasteiger partial charge >= 0.3 is 0 Å². The van der Waals surface area contributed by atoms with E-state index in [1.165, 1.54) is 0 Å². The Hall–Kier alpha value is -1.11. The molecule has 1 aromatic heterocycles. The number of rotatable bonds is 8. The van der Waals surface area contributed by atoms with Crippen LogP contribution in [-0.4, -0.2) is 48.8 Å². The van der Waals surface area contributed by atoms with Crippen molar-refractivity contribution in [3.63, 3.8) is 0 Å². The third kappa shape index (κ3) is 3.92. The van der Waals surface area contributed by atoms with Crippen molar-refractivity contribution in [2.24, 2.45) is 0 Å². The van der Waals surface area contributed by atoms with Crippen LogP contribution in [0.25, 0.3) is 0 Å². The molecule has 0 saturated carbocycles. The highest BCUT2D eigenvalue weighted by Crippen LogP contribution is 2.31. The summed E-state index contributed by atoms with van der Waals surface area (Å²) in [6, 6.07) is 0.157. The summed E-state index contributed by atoms with van der Waals surface area (Å²) in [5.74, 6) is 0.604. The Morgan fingerprint density at radius 2 is 2.16 bits per heavy atom. The third-order valence-electron chi connectivity index (χ3n) is 2.93. The quantitative estimate of drug-likeness (QED) is 0.688. The summed E-state index contributed by atoms with van der Waals surface area (Å²) in [7, 11) is 3.23. The number of nitrogens with one attached hydrogen (secondary N) is 1. The zero-order valence-electron chi connectivity index (χ0n) is 12.4. The fourth-order valence-corrected chi connectivity index (χ4v) is 1.99. The van der Waals surface area contributed by atoms with E-state index >= 15 is 0 Å². The molecule has 0 radical (unpaired) electrons. The predicted octanol–water partition coefficient (Wildman–Crippen LogP) is 0.916. The molecule has 0 fully saturated rings. The van der Waals surface area contributed by atoms with E-state index in [0.29, 0.717) is 31.1 Å². The smallest absolute Gasteiger partial charge is 0.162 e. The predicted molar refractivity (Wildman–Crippen MR) is 73.5 cm³/mol. The molecule has 0 aromatic carbocycles. The van der Waals surface area contributed by atoms with Crippen molar-refractivity contribution in [1.82, 2.24) is 15.1 Å². The van der Waals surface area contributed by atoms with E-state index in [2.05, 4.69) is 10.4 Å². The molecule has 1 rings (SSSR count). The first-order valence-electron chi connectivity index (χ1n) is 6.48. The molecule has 2 N–H and O–H groups in total. The minimum absolute atomic E-state index is 0.157. The second kappa shape index (κ2) is 6.88. The summed E-state index contributed by atoms with van der Waals surface area (Å²) >= 11 is 0. The molecule has 1 heterocycles. The highest BCUT2D eigenvalue weighted by Gasteiger charge is 2.32. The van der Waals surface area contributed by atoms with Crippen LogP contribution in [-0.2, 0) is 10.3 Å². The molecule has 110 valence electrons. The third-order valence-corrected chi connectivity index (χ3v) is 2.93. The lowest BCUT2D eigenvalue weighted by Gasteiger charge is -2.27. The Morgan fingerprint density at radius 3 is 2.68 bits per heavy atom. The number of aliphatic hydroxyl groups is 1. The summed E-state index contributed by atoms with van der Waals surface area (Å²) in [6.45, 7) is 7.49. The molecule has 1 aromatic rings. The van der Waals surface area contributed by atoms with E-state index in [1.807, 2.05) is 13.8 Å². The standard InChI is InChI=1S/C13H25N3O3/c1-10(2)16-12(11(19-5)8-15-16)13(3,17)9-14-6-7-18-4/h8,10,14,17H,6-7,9H2,1-5H3. The van der Waals surface area contributed by atoms with Crippen LogP contribution >= 0.6 is 0 Å². The molecule has 19 heavy (non-hydrogen) atoms. The molecule has 1 atom stereocenters. The zero-order chi connectivity index (χ0) is 14.5. The van der Waals surface area contributed by atoms with Crippen LogP contribution in [0.15, 0.2) is 6.20 Å². The summed E-state index contributed by atoms with van der Waals surface area (Å²) in [5.41, 5.74) is -0.366. The van der Waals surface area contributed by atoms with E-state index in [-0.39, 0.29) is 6.04 Å². The van der Waals surface area contributed by atoms with Gasteiger partial charge in [0.2, 0.25) is 0 Å². The van der Waals surface area contributed by atoms with Gasteiger partial charge in [0.15, 0.2) is 5.75 Å². The van der Waals surface area contributed by atoms with Gasteiger partial charge in [0, 0.05) is 26.2 Å². The molecule has 0 amide bonds. The summed E-state index contributed by atoms with van der Waals surface area (Å²) in [6.07, 6.45) is 1.64. The number of aromatic nitrogens is 2. The molecule has 6 heteroatoms. The van der Waals surface area contributed by atoms with Crippen LogP contribution in [0.5, 0.6) is 5.75 Å². The van der Waals surface area contributed by atoms with Gasteiger partial charge in [-0.15, -0.1) is 0 Å². The fraction of sp³-hybridized carbons (Fsp3) is 0.769. The summed E-state index contributed by atoms with van der Waals surface area (Å²) in [4.78, 5) is 0. The van der Waals surface area contributed by atoms with Gasteiger partial charge in [-0.1, -0.05) is 0 Å². The van der Waals surface area contributed by atoms with Crippen LogP contribution in [0.3, 0.4) is 0 Å². The van der Waals surface area contributed by atoms with Gasteiger partial charge < -0.3 is 19.9 Å². The summed E-state index contributed by atoms with van der Waals surface area (Å²) in [5, 5.41) is 18.1. The monoisotopic (exact) mass is 271 g/mol. The molecule has 0 spiro atoms. The highest BCUT2D eigenvalue weighted by atomic mass is 16.5. The van der Waals surface area contributed by atoms with Gasteiger partial charge in [0.05, 0.1) is 19.9 Å². The molecular formula is C13H25N3O3. The number of ether oxygens (including phenoxy) is 2. The Balaban J connectivity index is 2.88. The van der Waals surface area contributed by atoms with Gasteiger partial charge in [0.1, 0.15) is 11.3 Å². The van der Waals surface area contributed by atoms with Gasteiger partial charge in [-0.3, -0.25) is 4.68 Å². The molecule has 0 aliphatic heterocycles. The number of methoxy groups -OCH3 is 2. The maximum Gasteiger partial charge on any atom is 0.162 e. The normalized spacial score (nSPS) is 14.7. The highest BCUT2D eigenvalue weighted by molar-refractivity contribution is 5.31. The average molecular weight is 271 g/mol. The molecule has 0 bridgehead atoms. The lowest BCUT2D eigenvalue weighted by Crippen LogP contribution is -2.39. The topological polar surface area (TPSA) is 68.5 Å². The van der Waals surface area contributed by atoms with E-state index < -0.39 is 5.60 Å². The number of hydrogen-bond acceptors (Lipinski definition) is 5. The molecule has 0 aliphatic rings. The first-order chi connectivity index (χ1) is 8.94. The molecular weight excluding hydrogens is 246 g/mol. The molecule has 0 aliphatic carbocycles. The van der Waals surface area contributed by atoms with Crippen molar-refractivity contribution in [3.05, 3.63) is 11.9 Å². The Bertz CT molecular complexity index is 388. The van der Waals surface area contributed by atoms with Crippen molar-refractivity contribution in [1.29, 1.82) is 0 Å². The maximum absolute atomic E-state index is 10.7. The van der Waals surface area contributed by atoms with Crippen molar-refractivity contribution < 1.29 is 14.6 Å². The van der Waals surface area contributed by atoms with Gasteiger partial charge in [0.25, 0.3) is 0 Å². The minimum Gasteiger partial charge on any atom is -0.493 e. The lowest BCUT2D eigenvalue weighted by molar-refractivity contribution is 0.0420. The largest absolute Gasteiger partial charge is 0.493 e. The number of hydrogen-bond donors (Lipinski definition) is 2. The van der Waals surface area contributed by atoms with Crippen LogP contribution in [0.2, 0.25) is 0 Å².